The van der Waals surface area contributed by atoms with E-state index in [1.54, 1.807) is 23.1 Å². The van der Waals surface area contributed by atoms with Crippen LogP contribution in [-0.4, -0.2) is 55.0 Å². The maximum absolute atomic E-state index is 12.4. The summed E-state index contributed by atoms with van der Waals surface area (Å²) in [6.07, 6.45) is 1.43. The molecule has 1 aliphatic rings. The van der Waals surface area contributed by atoms with Crippen LogP contribution in [0.2, 0.25) is 5.02 Å². The van der Waals surface area contributed by atoms with Crippen molar-refractivity contribution in [2.75, 3.05) is 44.6 Å². The highest BCUT2D eigenvalue weighted by Gasteiger charge is 2.23. The number of benzene rings is 1. The van der Waals surface area contributed by atoms with Crippen LogP contribution in [0.25, 0.3) is 0 Å². The van der Waals surface area contributed by atoms with E-state index in [2.05, 4.69) is 10.2 Å². The first-order chi connectivity index (χ1) is 11.1. The molecule has 0 radical (unpaired) electrons. The molecule has 0 aromatic heterocycles. The van der Waals surface area contributed by atoms with Gasteiger partial charge in [0.2, 0.25) is 0 Å². The van der Waals surface area contributed by atoms with Gasteiger partial charge in [0, 0.05) is 56.2 Å². The molecule has 2 rings (SSSR count). The lowest BCUT2D eigenvalue weighted by Gasteiger charge is -2.34. The number of carbonyl (C=O) groups excluding carboxylic acids is 1. The first-order valence-electron chi connectivity index (χ1n) is 7.48. The summed E-state index contributed by atoms with van der Waals surface area (Å²) in [7, 11) is 0. The van der Waals surface area contributed by atoms with E-state index in [0.717, 1.165) is 25.3 Å². The smallest absolute Gasteiger partial charge is 0.266 e. The molecule has 1 saturated heterocycles. The Labute approximate surface area is 141 Å². The zero-order valence-corrected chi connectivity index (χ0v) is 13.6. The fraction of sp³-hybridized carbons (Fsp3) is 0.375. The molecular formula is C16H20ClN5O. The number of amides is 1. The Hall–Kier alpha value is -2.07. The number of nitrogens with one attached hydrogen (secondary N) is 1. The zero-order chi connectivity index (χ0) is 16.7. The molecule has 1 aromatic carbocycles. The summed E-state index contributed by atoms with van der Waals surface area (Å²) in [5, 5.41) is 12.8. The Morgan fingerprint density at radius 2 is 2.13 bits per heavy atom. The maximum Gasteiger partial charge on any atom is 0.266 e. The Morgan fingerprint density at radius 1 is 1.39 bits per heavy atom. The number of nitrogens with zero attached hydrogens (tertiary/aromatic N) is 3. The zero-order valence-electron chi connectivity index (χ0n) is 12.8. The van der Waals surface area contributed by atoms with E-state index in [-0.39, 0.29) is 11.5 Å². The molecule has 0 unspecified atom stereocenters. The molecule has 0 saturated carbocycles. The van der Waals surface area contributed by atoms with E-state index in [9.17, 15) is 10.1 Å². The summed E-state index contributed by atoms with van der Waals surface area (Å²) in [5.74, 6) is -0.255. The largest absolute Gasteiger partial charge is 0.360 e. The van der Waals surface area contributed by atoms with Crippen LogP contribution in [-0.2, 0) is 4.79 Å². The number of carbonyl (C=O) groups is 1. The topological polar surface area (TPSA) is 85.4 Å². The van der Waals surface area contributed by atoms with Crippen LogP contribution in [0.5, 0.6) is 0 Å². The SMILES string of the molecule is N#C/C(=C/Nc1cccc(Cl)c1)C(=O)N1CCN(CCN)CC1. The van der Waals surface area contributed by atoms with Gasteiger partial charge in [-0.25, -0.2) is 0 Å². The predicted molar refractivity (Wildman–Crippen MR) is 90.8 cm³/mol. The molecule has 23 heavy (non-hydrogen) atoms. The third kappa shape index (κ3) is 4.96. The summed E-state index contributed by atoms with van der Waals surface area (Å²) >= 11 is 5.90. The number of nitrogens with two attached hydrogens (primary N) is 1. The fourth-order valence-electron chi connectivity index (χ4n) is 2.40. The molecule has 1 amide bonds. The van der Waals surface area contributed by atoms with Gasteiger partial charge in [-0.1, -0.05) is 17.7 Å². The van der Waals surface area contributed by atoms with Gasteiger partial charge in [0.15, 0.2) is 0 Å². The first-order valence-corrected chi connectivity index (χ1v) is 7.86. The molecule has 7 heteroatoms. The van der Waals surface area contributed by atoms with Crippen molar-refractivity contribution in [3.63, 3.8) is 0 Å². The third-order valence-electron chi connectivity index (χ3n) is 3.66. The van der Waals surface area contributed by atoms with E-state index in [1.807, 2.05) is 12.1 Å². The lowest BCUT2D eigenvalue weighted by atomic mass is 10.2. The average Bonchev–Trinajstić information content (AvgIpc) is 2.56. The fourth-order valence-corrected chi connectivity index (χ4v) is 2.59. The van der Waals surface area contributed by atoms with Crippen molar-refractivity contribution >= 4 is 23.2 Å². The second-order valence-corrected chi connectivity index (χ2v) is 5.68. The monoisotopic (exact) mass is 333 g/mol. The molecule has 6 nitrogen and oxygen atoms in total. The molecule has 1 heterocycles. The Balaban J connectivity index is 1.96. The molecule has 1 fully saturated rings. The number of anilines is 1. The van der Waals surface area contributed by atoms with Gasteiger partial charge in [-0.05, 0) is 18.2 Å². The number of nitriles is 1. The summed E-state index contributed by atoms with van der Waals surface area (Å²) < 4.78 is 0. The first kappa shape index (κ1) is 17.3. The highest BCUT2D eigenvalue weighted by atomic mass is 35.5. The highest BCUT2D eigenvalue weighted by Crippen LogP contribution is 2.15. The number of halogens is 1. The molecule has 1 aromatic rings. The molecule has 0 spiro atoms. The van der Waals surface area contributed by atoms with E-state index in [0.29, 0.717) is 24.7 Å². The van der Waals surface area contributed by atoms with Crippen molar-refractivity contribution in [3.05, 3.63) is 41.1 Å². The second kappa shape index (κ2) is 8.53. The van der Waals surface area contributed by atoms with Crippen LogP contribution in [0.1, 0.15) is 0 Å². The van der Waals surface area contributed by atoms with Gasteiger partial charge >= 0.3 is 0 Å². The lowest BCUT2D eigenvalue weighted by Crippen LogP contribution is -2.50. The van der Waals surface area contributed by atoms with Gasteiger partial charge in [-0.15, -0.1) is 0 Å². The van der Waals surface area contributed by atoms with Gasteiger partial charge in [0.1, 0.15) is 11.6 Å². The van der Waals surface area contributed by atoms with Crippen LogP contribution in [0.15, 0.2) is 36.0 Å². The van der Waals surface area contributed by atoms with Crippen molar-refractivity contribution in [1.82, 2.24) is 9.80 Å². The molecule has 0 bridgehead atoms. The molecule has 0 aliphatic carbocycles. The lowest BCUT2D eigenvalue weighted by molar-refractivity contribution is -0.128. The average molecular weight is 334 g/mol. The minimum absolute atomic E-state index is 0.0808. The van der Waals surface area contributed by atoms with Crippen LogP contribution in [0.3, 0.4) is 0 Å². The molecule has 122 valence electrons. The van der Waals surface area contributed by atoms with Crippen LogP contribution >= 0.6 is 11.6 Å². The molecule has 1 aliphatic heterocycles. The maximum atomic E-state index is 12.4. The molecule has 3 N–H and O–H groups in total. The minimum Gasteiger partial charge on any atom is -0.360 e. The van der Waals surface area contributed by atoms with Gasteiger partial charge in [-0.2, -0.15) is 5.26 Å². The van der Waals surface area contributed by atoms with Crippen LogP contribution in [0, 0.1) is 11.3 Å². The van der Waals surface area contributed by atoms with E-state index in [1.165, 1.54) is 6.20 Å². The number of hydrogen-bond acceptors (Lipinski definition) is 5. The van der Waals surface area contributed by atoms with Crippen molar-refractivity contribution < 1.29 is 4.79 Å². The molecular weight excluding hydrogens is 314 g/mol. The standard InChI is InChI=1S/C16H20ClN5O/c17-14-2-1-3-15(10-14)20-12-13(11-19)16(23)22-8-6-21(5-4-18)7-9-22/h1-3,10,12,20H,4-9,18H2/b13-12-. The van der Waals surface area contributed by atoms with Gasteiger partial charge in [0.05, 0.1) is 0 Å². The summed E-state index contributed by atoms with van der Waals surface area (Å²) in [4.78, 5) is 16.3. The quantitative estimate of drug-likeness (QED) is 0.626. The van der Waals surface area contributed by atoms with Crippen molar-refractivity contribution in [2.24, 2.45) is 5.73 Å². The van der Waals surface area contributed by atoms with Crippen molar-refractivity contribution in [1.29, 1.82) is 5.26 Å². The van der Waals surface area contributed by atoms with Gasteiger partial charge in [0.25, 0.3) is 5.91 Å². The van der Waals surface area contributed by atoms with Gasteiger partial charge in [-0.3, -0.25) is 9.69 Å². The minimum atomic E-state index is -0.255. The summed E-state index contributed by atoms with van der Waals surface area (Å²) in [6, 6.07) is 9.05. The number of hydrogen-bond donors (Lipinski definition) is 2. The van der Waals surface area contributed by atoms with Crippen molar-refractivity contribution in [2.45, 2.75) is 0 Å². The second-order valence-electron chi connectivity index (χ2n) is 5.25. The predicted octanol–water partition coefficient (Wildman–Crippen LogP) is 1.26. The summed E-state index contributed by atoms with van der Waals surface area (Å²) in [6.45, 7) is 4.22. The van der Waals surface area contributed by atoms with Crippen molar-refractivity contribution in [3.8, 4) is 6.07 Å². The third-order valence-corrected chi connectivity index (χ3v) is 3.90. The van der Waals surface area contributed by atoms with Crippen LogP contribution < -0.4 is 11.1 Å². The van der Waals surface area contributed by atoms with E-state index >= 15 is 0 Å². The molecule has 0 atom stereocenters. The Bertz CT molecular complexity index is 617. The Kier molecular flexibility index (Phi) is 6.41. The van der Waals surface area contributed by atoms with Crippen LogP contribution in [0.4, 0.5) is 5.69 Å². The van der Waals surface area contributed by atoms with E-state index < -0.39 is 0 Å². The highest BCUT2D eigenvalue weighted by molar-refractivity contribution is 6.30. The van der Waals surface area contributed by atoms with E-state index in [4.69, 9.17) is 17.3 Å². The normalized spacial score (nSPS) is 16.0. The van der Waals surface area contributed by atoms with Gasteiger partial charge < -0.3 is 16.0 Å². The number of rotatable bonds is 5. The Morgan fingerprint density at radius 3 is 2.74 bits per heavy atom. The number of piperazine rings is 1. The summed E-state index contributed by atoms with van der Waals surface area (Å²) in [5.41, 5.74) is 6.35.